The van der Waals surface area contributed by atoms with Crippen molar-refractivity contribution in [2.24, 2.45) is 0 Å². The Morgan fingerprint density at radius 2 is 1.73 bits per heavy atom. The maximum absolute atomic E-state index is 13.2. The summed E-state index contributed by atoms with van der Waals surface area (Å²) in [7, 11) is -2.56. The molecule has 12 heteroatoms. The zero-order chi connectivity index (χ0) is 26.5. The Balaban J connectivity index is 1.40. The van der Waals surface area contributed by atoms with E-state index in [0.29, 0.717) is 23.7 Å². The molecular weight excluding hydrogens is 591 g/mol. The molecule has 37 heavy (non-hydrogen) atoms. The van der Waals surface area contributed by atoms with E-state index in [2.05, 4.69) is 25.6 Å². The van der Waals surface area contributed by atoms with Gasteiger partial charge in [-0.05, 0) is 59.7 Å². The van der Waals surface area contributed by atoms with Gasteiger partial charge in [-0.15, -0.1) is 11.3 Å². The van der Waals surface area contributed by atoms with Gasteiger partial charge in [0, 0.05) is 45.1 Å². The number of carbonyl (C=O) groups excluding carboxylic acids is 1. The summed E-state index contributed by atoms with van der Waals surface area (Å²) < 4.78 is 67.5. The highest BCUT2D eigenvalue weighted by Gasteiger charge is 2.32. The first-order valence-corrected chi connectivity index (χ1v) is 13.8. The number of nitrogens with zero attached hydrogens (tertiary/aromatic N) is 2. The van der Waals surface area contributed by atoms with Crippen molar-refractivity contribution < 1.29 is 26.4 Å². The highest BCUT2D eigenvalue weighted by molar-refractivity contribution is 9.10. The monoisotopic (exact) mass is 607 g/mol. The summed E-state index contributed by atoms with van der Waals surface area (Å²) >= 11 is 4.42. The second-order valence-electron chi connectivity index (χ2n) is 8.44. The minimum atomic E-state index is -4.70. The maximum atomic E-state index is 13.2. The average molecular weight is 608 g/mol. The number of hydrogen-bond acceptors (Lipinski definition) is 5. The number of rotatable bonds is 5. The van der Waals surface area contributed by atoms with Crippen LogP contribution in [0.15, 0.2) is 76.4 Å². The van der Waals surface area contributed by atoms with Gasteiger partial charge in [-0.25, -0.2) is 8.42 Å². The van der Waals surface area contributed by atoms with Crippen LogP contribution >= 0.6 is 27.3 Å². The van der Waals surface area contributed by atoms with Crippen LogP contribution in [-0.4, -0.2) is 31.3 Å². The number of sulfonamides is 1. The molecule has 4 aromatic rings. The molecule has 0 aliphatic carbocycles. The highest BCUT2D eigenvalue weighted by Crippen LogP contribution is 2.37. The van der Waals surface area contributed by atoms with Gasteiger partial charge in [-0.3, -0.25) is 14.5 Å². The van der Waals surface area contributed by atoms with Crippen LogP contribution in [-0.2, 0) is 22.7 Å². The van der Waals surface area contributed by atoms with E-state index in [-0.39, 0.29) is 16.1 Å². The summed E-state index contributed by atoms with van der Waals surface area (Å²) in [6, 6.07) is 13.6. The Hall–Kier alpha value is -3.22. The number of hydrogen-bond donors (Lipinski definition) is 1. The molecule has 0 atom stereocenters. The van der Waals surface area contributed by atoms with Crippen molar-refractivity contribution in [2.75, 3.05) is 11.8 Å². The second-order valence-corrected chi connectivity index (χ2v) is 12.1. The van der Waals surface area contributed by atoms with E-state index in [1.165, 1.54) is 17.5 Å². The molecule has 5 rings (SSSR count). The van der Waals surface area contributed by atoms with Gasteiger partial charge in [0.2, 0.25) is 0 Å². The van der Waals surface area contributed by atoms with E-state index in [9.17, 15) is 26.4 Å². The number of anilines is 1. The second kappa shape index (κ2) is 9.26. The van der Waals surface area contributed by atoms with E-state index in [0.717, 1.165) is 33.0 Å². The first-order valence-electron chi connectivity index (χ1n) is 10.8. The van der Waals surface area contributed by atoms with Gasteiger partial charge >= 0.3 is 6.18 Å². The molecule has 0 bridgehead atoms. The molecular formula is C25H17BrF3N3O3S2. The molecule has 0 saturated heterocycles. The number of amides is 1. The normalized spacial score (nSPS) is 13.6. The molecule has 1 aliphatic heterocycles. The minimum absolute atomic E-state index is 0.00347. The number of pyridine rings is 1. The fourth-order valence-electron chi connectivity index (χ4n) is 3.99. The molecule has 0 unspecified atom stereocenters. The van der Waals surface area contributed by atoms with Crippen LogP contribution in [0.1, 0.15) is 21.5 Å². The van der Waals surface area contributed by atoms with Crippen LogP contribution in [0.3, 0.4) is 0 Å². The summed E-state index contributed by atoms with van der Waals surface area (Å²) in [5.74, 6) is -0.00347. The third-order valence-corrected chi connectivity index (χ3v) is 8.77. The summed E-state index contributed by atoms with van der Waals surface area (Å²) in [4.78, 5) is 19.2. The highest BCUT2D eigenvalue weighted by atomic mass is 79.9. The zero-order valence-corrected chi connectivity index (χ0v) is 22.2. The van der Waals surface area contributed by atoms with Gasteiger partial charge in [-0.2, -0.15) is 13.2 Å². The third-order valence-electron chi connectivity index (χ3n) is 5.76. The lowest BCUT2D eigenvalue weighted by molar-refractivity contribution is -0.137. The molecule has 1 aliphatic rings. The molecule has 1 N–H and O–H groups in total. The Kier molecular flexibility index (Phi) is 6.37. The number of carbonyl (C=O) groups is 1. The summed E-state index contributed by atoms with van der Waals surface area (Å²) in [6.07, 6.45) is -1.84. The molecule has 0 spiro atoms. The first kappa shape index (κ1) is 25.4. The van der Waals surface area contributed by atoms with Crippen molar-refractivity contribution in [1.82, 2.24) is 9.88 Å². The van der Waals surface area contributed by atoms with Crippen molar-refractivity contribution in [3.05, 3.63) is 88.2 Å². The number of aromatic nitrogens is 1. The van der Waals surface area contributed by atoms with Gasteiger partial charge in [0.1, 0.15) is 0 Å². The SMILES string of the molecule is CN1Cc2cc(-c3ccc(-c4cncc(NS(=O)(=O)c5cc(Br)cc(C(F)(F)F)c5)c4)s3)ccc2C1=O. The van der Waals surface area contributed by atoms with Crippen LogP contribution < -0.4 is 4.72 Å². The molecule has 6 nitrogen and oxygen atoms in total. The van der Waals surface area contributed by atoms with Crippen LogP contribution in [0.25, 0.3) is 20.9 Å². The minimum Gasteiger partial charge on any atom is -0.337 e. The van der Waals surface area contributed by atoms with Gasteiger partial charge in [0.05, 0.1) is 22.3 Å². The van der Waals surface area contributed by atoms with E-state index in [1.54, 1.807) is 24.2 Å². The lowest BCUT2D eigenvalue weighted by Gasteiger charge is -2.12. The van der Waals surface area contributed by atoms with Gasteiger partial charge in [0.15, 0.2) is 0 Å². The number of alkyl halides is 3. The molecule has 3 heterocycles. The topological polar surface area (TPSA) is 79.4 Å². The van der Waals surface area contributed by atoms with Gasteiger partial charge in [0.25, 0.3) is 15.9 Å². The number of nitrogens with one attached hydrogen (secondary N) is 1. The lowest BCUT2D eigenvalue weighted by atomic mass is 10.1. The van der Waals surface area contributed by atoms with Crippen LogP contribution in [0.4, 0.5) is 18.9 Å². The lowest BCUT2D eigenvalue weighted by Crippen LogP contribution is -2.17. The van der Waals surface area contributed by atoms with Crippen molar-refractivity contribution in [1.29, 1.82) is 0 Å². The standard InChI is InChI=1S/C25H17BrF3N3O3S2/c1-32-13-16-6-14(2-3-21(16)24(32)33)22-4-5-23(36-22)15-7-19(12-30-11-15)31-37(34,35)20-9-17(25(27,28)29)8-18(26)10-20/h2-12,31H,13H2,1H3. The Bertz CT molecular complexity index is 1650. The van der Waals surface area contributed by atoms with E-state index < -0.39 is 26.7 Å². The smallest absolute Gasteiger partial charge is 0.337 e. The Morgan fingerprint density at radius 3 is 2.46 bits per heavy atom. The summed E-state index contributed by atoms with van der Waals surface area (Å²) in [6.45, 7) is 0.550. The van der Waals surface area contributed by atoms with E-state index >= 15 is 0 Å². The van der Waals surface area contributed by atoms with Crippen molar-refractivity contribution in [2.45, 2.75) is 17.6 Å². The zero-order valence-electron chi connectivity index (χ0n) is 19.0. The number of benzene rings is 2. The maximum Gasteiger partial charge on any atom is 0.416 e. The van der Waals surface area contributed by atoms with Crippen LogP contribution in [0, 0.1) is 0 Å². The van der Waals surface area contributed by atoms with Gasteiger partial charge in [-0.1, -0.05) is 22.0 Å². The van der Waals surface area contributed by atoms with Crippen molar-refractivity contribution in [3.8, 4) is 20.9 Å². The number of halogens is 4. The summed E-state index contributed by atoms with van der Waals surface area (Å²) in [5, 5.41) is 0. The fraction of sp³-hybridized carbons (Fsp3) is 0.120. The van der Waals surface area contributed by atoms with E-state index in [1.807, 2.05) is 30.3 Å². The van der Waals surface area contributed by atoms with E-state index in [4.69, 9.17) is 0 Å². The van der Waals surface area contributed by atoms with Crippen molar-refractivity contribution in [3.63, 3.8) is 0 Å². The van der Waals surface area contributed by atoms with Gasteiger partial charge < -0.3 is 4.90 Å². The number of fused-ring (bicyclic) bond motifs is 1. The molecule has 2 aromatic heterocycles. The average Bonchev–Trinajstić information content (AvgIpc) is 3.43. The quantitative estimate of drug-likeness (QED) is 0.276. The molecule has 0 saturated carbocycles. The molecule has 2 aromatic carbocycles. The fourth-order valence-corrected chi connectivity index (χ4v) is 6.73. The van der Waals surface area contributed by atoms with Crippen LogP contribution in [0.2, 0.25) is 0 Å². The molecule has 1 amide bonds. The molecule has 190 valence electrons. The van der Waals surface area contributed by atoms with Crippen molar-refractivity contribution >= 4 is 48.9 Å². The Labute approximate surface area is 223 Å². The first-order chi connectivity index (χ1) is 17.4. The predicted molar refractivity (Wildman–Crippen MR) is 139 cm³/mol. The van der Waals surface area contributed by atoms with Crippen LogP contribution in [0.5, 0.6) is 0 Å². The largest absolute Gasteiger partial charge is 0.416 e. The summed E-state index contributed by atoms with van der Waals surface area (Å²) in [5.41, 5.74) is 2.28. The third kappa shape index (κ3) is 5.13. The Morgan fingerprint density at radius 1 is 1.00 bits per heavy atom. The predicted octanol–water partition coefficient (Wildman–Crippen LogP) is 6.64. The number of thiophene rings is 1. The molecule has 0 radical (unpaired) electrons. The molecule has 0 fully saturated rings.